The summed E-state index contributed by atoms with van der Waals surface area (Å²) in [5.74, 6) is -0.373. The third-order valence-corrected chi connectivity index (χ3v) is 3.11. The summed E-state index contributed by atoms with van der Waals surface area (Å²) < 4.78 is 15.2. The monoisotopic (exact) mass is 154 g/mol. The first-order valence-corrected chi connectivity index (χ1v) is 4.37. The minimum Gasteiger partial charge on any atom is -0.336 e. The Morgan fingerprint density at radius 3 is 2.33 bits per heavy atom. The SMILES string of the molecule is C[NH2+]C(C)P(=O)(O)OC. The van der Waals surface area contributed by atoms with Crippen LogP contribution in [-0.2, 0) is 9.09 Å². The number of quaternary nitrogens is 1. The maximum Gasteiger partial charge on any atom is 0.384 e. The molecule has 2 unspecified atom stereocenters. The van der Waals surface area contributed by atoms with Crippen molar-refractivity contribution >= 4 is 7.60 Å². The van der Waals surface area contributed by atoms with Gasteiger partial charge in [0.2, 0.25) is 0 Å². The van der Waals surface area contributed by atoms with E-state index >= 15 is 0 Å². The average Bonchev–Trinajstić information content (AvgIpc) is 1.86. The van der Waals surface area contributed by atoms with Crippen LogP contribution >= 0.6 is 7.60 Å². The minimum absolute atomic E-state index is 0.373. The molecule has 0 aromatic heterocycles. The predicted octanol–water partition coefficient (Wildman–Crippen LogP) is -0.643. The lowest BCUT2D eigenvalue weighted by molar-refractivity contribution is -0.641. The van der Waals surface area contributed by atoms with Crippen LogP contribution in [0.25, 0.3) is 0 Å². The first-order valence-electron chi connectivity index (χ1n) is 2.72. The van der Waals surface area contributed by atoms with Crippen molar-refractivity contribution in [2.24, 2.45) is 0 Å². The fourth-order valence-corrected chi connectivity index (χ4v) is 1.06. The molecule has 9 heavy (non-hydrogen) atoms. The van der Waals surface area contributed by atoms with Gasteiger partial charge in [-0.05, 0) is 6.92 Å². The van der Waals surface area contributed by atoms with Crippen molar-refractivity contribution in [1.29, 1.82) is 0 Å². The summed E-state index contributed by atoms with van der Waals surface area (Å²) in [4.78, 5) is 8.89. The van der Waals surface area contributed by atoms with Crippen LogP contribution in [0, 0.1) is 0 Å². The van der Waals surface area contributed by atoms with Gasteiger partial charge in [-0.2, -0.15) is 0 Å². The van der Waals surface area contributed by atoms with Gasteiger partial charge in [0, 0.05) is 7.11 Å². The summed E-state index contributed by atoms with van der Waals surface area (Å²) in [7, 11) is -0.354. The van der Waals surface area contributed by atoms with Crippen molar-refractivity contribution < 1.29 is 19.3 Å². The first kappa shape index (κ1) is 9.11. The second-order valence-electron chi connectivity index (χ2n) is 1.82. The molecular weight excluding hydrogens is 141 g/mol. The second-order valence-corrected chi connectivity index (χ2v) is 4.13. The normalized spacial score (nSPS) is 20.9. The summed E-state index contributed by atoms with van der Waals surface area (Å²) in [6.07, 6.45) is 0. The second kappa shape index (κ2) is 3.32. The maximum absolute atomic E-state index is 10.8. The molecule has 0 amide bonds. The molecule has 0 saturated heterocycles. The molecule has 0 heterocycles. The van der Waals surface area contributed by atoms with Crippen LogP contribution in [0.15, 0.2) is 0 Å². The van der Waals surface area contributed by atoms with Gasteiger partial charge in [-0.15, -0.1) is 0 Å². The van der Waals surface area contributed by atoms with Crippen LogP contribution < -0.4 is 5.32 Å². The highest BCUT2D eigenvalue weighted by molar-refractivity contribution is 7.53. The number of rotatable bonds is 3. The van der Waals surface area contributed by atoms with Gasteiger partial charge in [-0.1, -0.05) is 0 Å². The Morgan fingerprint density at radius 1 is 1.78 bits per heavy atom. The molecule has 4 nitrogen and oxygen atoms in total. The molecule has 0 bridgehead atoms. The fraction of sp³-hybridized carbons (Fsp3) is 1.00. The zero-order valence-electron chi connectivity index (χ0n) is 5.87. The van der Waals surface area contributed by atoms with Crippen LogP contribution in [0.1, 0.15) is 6.92 Å². The van der Waals surface area contributed by atoms with Crippen LogP contribution in [0.2, 0.25) is 0 Å². The molecule has 3 N–H and O–H groups in total. The van der Waals surface area contributed by atoms with Crippen molar-refractivity contribution in [2.45, 2.75) is 12.7 Å². The topological polar surface area (TPSA) is 63.1 Å². The Bertz CT molecular complexity index is 127. The lowest BCUT2D eigenvalue weighted by atomic mass is 10.8. The smallest absolute Gasteiger partial charge is 0.336 e. The van der Waals surface area contributed by atoms with E-state index in [1.54, 1.807) is 19.3 Å². The number of hydrogen-bond acceptors (Lipinski definition) is 2. The van der Waals surface area contributed by atoms with Crippen molar-refractivity contribution in [2.75, 3.05) is 14.2 Å². The molecule has 0 aliphatic heterocycles. The third kappa shape index (κ3) is 2.45. The van der Waals surface area contributed by atoms with Gasteiger partial charge in [0.25, 0.3) is 0 Å². The van der Waals surface area contributed by atoms with E-state index in [9.17, 15) is 4.57 Å². The minimum atomic E-state index is -3.32. The Hall–Kier alpha value is 0.110. The van der Waals surface area contributed by atoms with Gasteiger partial charge in [0.05, 0.1) is 7.05 Å². The van der Waals surface area contributed by atoms with Crippen LogP contribution in [0.4, 0.5) is 0 Å². The van der Waals surface area contributed by atoms with Crippen molar-refractivity contribution in [3.63, 3.8) is 0 Å². The molecule has 0 aliphatic carbocycles. The number of nitrogens with two attached hydrogens (primary N) is 1. The molecule has 0 aromatic carbocycles. The third-order valence-electron chi connectivity index (χ3n) is 1.26. The lowest BCUT2D eigenvalue weighted by Crippen LogP contribution is -2.84. The molecule has 0 rings (SSSR count). The van der Waals surface area contributed by atoms with E-state index in [4.69, 9.17) is 4.89 Å². The van der Waals surface area contributed by atoms with E-state index in [0.717, 1.165) is 0 Å². The Balaban J connectivity index is 3.98. The van der Waals surface area contributed by atoms with E-state index in [1.807, 2.05) is 0 Å². The Morgan fingerprint density at radius 2 is 2.22 bits per heavy atom. The molecule has 0 fully saturated rings. The molecule has 0 saturated carbocycles. The van der Waals surface area contributed by atoms with Crippen molar-refractivity contribution in [3.05, 3.63) is 0 Å². The Labute approximate surface area is 54.8 Å². The van der Waals surface area contributed by atoms with Crippen molar-refractivity contribution in [1.82, 2.24) is 0 Å². The average molecular weight is 154 g/mol. The van der Waals surface area contributed by atoms with Gasteiger partial charge in [0.1, 0.15) is 0 Å². The van der Waals surface area contributed by atoms with E-state index in [-0.39, 0.29) is 5.78 Å². The quantitative estimate of drug-likeness (QED) is 0.531. The van der Waals surface area contributed by atoms with Crippen molar-refractivity contribution in [3.8, 4) is 0 Å². The van der Waals surface area contributed by atoms with Gasteiger partial charge < -0.3 is 14.7 Å². The highest BCUT2D eigenvalue weighted by atomic mass is 31.2. The number of hydrogen-bond donors (Lipinski definition) is 2. The predicted molar refractivity (Wildman–Crippen MR) is 34.1 cm³/mol. The molecule has 0 spiro atoms. The standard InChI is InChI=1S/C4H12NO3P/c1-4(5-2)9(6,7)8-3/h4-5H,1-3H3,(H,6,7)/p+1. The van der Waals surface area contributed by atoms with Crippen LogP contribution in [0.3, 0.4) is 0 Å². The Kier molecular flexibility index (Phi) is 3.36. The fourth-order valence-electron chi connectivity index (χ4n) is 0.355. The summed E-state index contributed by atoms with van der Waals surface area (Å²) >= 11 is 0. The van der Waals surface area contributed by atoms with Crippen LogP contribution in [-0.4, -0.2) is 24.8 Å². The molecule has 0 radical (unpaired) electrons. The zero-order valence-corrected chi connectivity index (χ0v) is 6.76. The van der Waals surface area contributed by atoms with Gasteiger partial charge in [0.15, 0.2) is 5.78 Å². The largest absolute Gasteiger partial charge is 0.384 e. The van der Waals surface area contributed by atoms with Gasteiger partial charge in [-0.3, -0.25) is 4.57 Å². The van der Waals surface area contributed by atoms with Gasteiger partial charge in [-0.25, -0.2) is 0 Å². The molecule has 56 valence electrons. The van der Waals surface area contributed by atoms with E-state index < -0.39 is 7.60 Å². The maximum atomic E-state index is 10.8. The zero-order chi connectivity index (χ0) is 7.49. The molecule has 2 atom stereocenters. The summed E-state index contributed by atoms with van der Waals surface area (Å²) in [5, 5.41) is 1.64. The summed E-state index contributed by atoms with van der Waals surface area (Å²) in [5.41, 5.74) is 0. The summed E-state index contributed by atoms with van der Waals surface area (Å²) in [6.45, 7) is 1.64. The molecule has 5 heteroatoms. The van der Waals surface area contributed by atoms with E-state index in [0.29, 0.717) is 0 Å². The molecular formula is C4H13NO3P+. The highest BCUT2D eigenvalue weighted by Crippen LogP contribution is 2.42. The molecule has 0 aliphatic rings. The van der Waals surface area contributed by atoms with Crippen LogP contribution in [0.5, 0.6) is 0 Å². The lowest BCUT2D eigenvalue weighted by Gasteiger charge is -2.12. The summed E-state index contributed by atoms with van der Waals surface area (Å²) in [6, 6.07) is 0. The van der Waals surface area contributed by atoms with Gasteiger partial charge >= 0.3 is 7.60 Å². The van der Waals surface area contributed by atoms with E-state index in [2.05, 4.69) is 4.52 Å². The van der Waals surface area contributed by atoms with E-state index in [1.165, 1.54) is 7.11 Å². The highest BCUT2D eigenvalue weighted by Gasteiger charge is 2.28. The first-order chi connectivity index (χ1) is 4.04. The molecule has 0 aromatic rings.